The van der Waals surface area contributed by atoms with Gasteiger partial charge < -0.3 is 10.6 Å². The monoisotopic (exact) mass is 466 g/mol. The fraction of sp³-hybridized carbons (Fsp3) is 0.375. The van der Waals surface area contributed by atoms with E-state index in [2.05, 4.69) is 27.5 Å². The predicted octanol–water partition coefficient (Wildman–Crippen LogP) is 3.51. The third-order valence-electron chi connectivity index (χ3n) is 3.31. The second kappa shape index (κ2) is 10.5. The van der Waals surface area contributed by atoms with E-state index in [1.165, 1.54) is 23.1 Å². The summed E-state index contributed by atoms with van der Waals surface area (Å²) >= 11 is 1.65. The molecule has 0 unspecified atom stereocenters. The number of hydrogen-bond acceptors (Lipinski definition) is 3. The number of aliphatic imine (C=N–C) groups is 1. The van der Waals surface area contributed by atoms with Crippen LogP contribution in [-0.4, -0.2) is 24.5 Å². The van der Waals surface area contributed by atoms with Gasteiger partial charge in [0, 0.05) is 30.2 Å². The van der Waals surface area contributed by atoms with E-state index in [4.69, 9.17) is 0 Å². The average Bonchev–Trinajstić information content (AvgIpc) is 3.01. The van der Waals surface area contributed by atoms with E-state index >= 15 is 0 Å². The highest BCUT2D eigenvalue weighted by Gasteiger charge is 2.08. The summed E-state index contributed by atoms with van der Waals surface area (Å²) in [5.41, 5.74) is 0.0861. The Morgan fingerprint density at radius 1 is 1.25 bits per heavy atom. The van der Waals surface area contributed by atoms with Crippen molar-refractivity contribution in [3.8, 4) is 0 Å². The van der Waals surface area contributed by atoms with Crippen molar-refractivity contribution in [2.45, 2.75) is 26.3 Å². The van der Waals surface area contributed by atoms with Gasteiger partial charge in [0.25, 0.3) is 0 Å². The van der Waals surface area contributed by atoms with Crippen LogP contribution in [0.5, 0.6) is 0 Å². The molecule has 0 radical (unpaired) electrons. The third-order valence-corrected chi connectivity index (χ3v) is 4.45. The smallest absolute Gasteiger partial charge is 0.191 e. The highest BCUT2D eigenvalue weighted by molar-refractivity contribution is 14.0. The van der Waals surface area contributed by atoms with E-state index in [1.807, 2.05) is 6.20 Å². The van der Waals surface area contributed by atoms with Crippen LogP contribution in [0.3, 0.4) is 0 Å². The zero-order chi connectivity index (χ0) is 16.7. The van der Waals surface area contributed by atoms with Crippen LogP contribution in [-0.2, 0) is 19.4 Å². The van der Waals surface area contributed by atoms with Crippen molar-refractivity contribution < 1.29 is 8.78 Å². The number of nitrogens with one attached hydrogen (secondary N) is 2. The number of benzene rings is 1. The summed E-state index contributed by atoms with van der Waals surface area (Å²) in [5, 5.41) is 7.16. The average molecular weight is 466 g/mol. The number of aromatic nitrogens is 1. The lowest BCUT2D eigenvalue weighted by molar-refractivity contribution is 0.553. The summed E-state index contributed by atoms with van der Waals surface area (Å²) in [7, 11) is 1.65. The fourth-order valence-corrected chi connectivity index (χ4v) is 2.85. The maximum absolute atomic E-state index is 13.5. The maximum Gasteiger partial charge on any atom is 0.191 e. The van der Waals surface area contributed by atoms with E-state index < -0.39 is 11.6 Å². The molecule has 4 nitrogen and oxygen atoms in total. The predicted molar refractivity (Wildman–Crippen MR) is 105 cm³/mol. The molecular weight excluding hydrogens is 445 g/mol. The highest BCUT2D eigenvalue weighted by Crippen LogP contribution is 2.13. The van der Waals surface area contributed by atoms with Gasteiger partial charge in [0.15, 0.2) is 5.96 Å². The van der Waals surface area contributed by atoms with E-state index in [1.54, 1.807) is 18.4 Å². The molecule has 0 bridgehead atoms. The van der Waals surface area contributed by atoms with Gasteiger partial charge in [-0.05, 0) is 25.0 Å². The molecule has 2 N–H and O–H groups in total. The molecule has 0 spiro atoms. The Bertz CT molecular complexity index is 656. The van der Waals surface area contributed by atoms with Gasteiger partial charge in [0.1, 0.15) is 16.6 Å². The largest absolute Gasteiger partial charge is 0.356 e. The molecule has 8 heteroatoms. The molecular formula is C16H21F2IN4S. The van der Waals surface area contributed by atoms with Gasteiger partial charge in [-0.3, -0.25) is 4.99 Å². The number of nitrogens with zero attached hydrogens (tertiary/aromatic N) is 2. The molecule has 0 aliphatic heterocycles. The number of aryl methyl sites for hydroxylation is 1. The standard InChI is InChI=1S/C16H20F2N4S.HI/c1-3-11-9-21-15(23-11)10-22-16(19-2)20-8-7-12-13(17)5-4-6-14(12)18;/h4-6,9H,3,7-8,10H2,1-2H3,(H2,19,20,22);1H. The second-order valence-corrected chi connectivity index (χ2v) is 6.08. The lowest BCUT2D eigenvalue weighted by Crippen LogP contribution is -2.38. The van der Waals surface area contributed by atoms with Gasteiger partial charge >= 0.3 is 0 Å². The Balaban J connectivity index is 0.00000288. The van der Waals surface area contributed by atoms with Crippen LogP contribution in [0.25, 0.3) is 0 Å². The Morgan fingerprint density at radius 2 is 1.96 bits per heavy atom. The minimum Gasteiger partial charge on any atom is -0.356 e. The number of guanidine groups is 1. The van der Waals surface area contributed by atoms with Gasteiger partial charge in [0.05, 0.1) is 6.54 Å². The first kappa shape index (κ1) is 20.8. The van der Waals surface area contributed by atoms with Crippen molar-refractivity contribution in [3.63, 3.8) is 0 Å². The van der Waals surface area contributed by atoms with Gasteiger partial charge in [0.2, 0.25) is 0 Å². The highest BCUT2D eigenvalue weighted by atomic mass is 127. The molecule has 0 aliphatic rings. The van der Waals surface area contributed by atoms with Crippen LogP contribution in [0.2, 0.25) is 0 Å². The van der Waals surface area contributed by atoms with Crippen molar-refractivity contribution in [2.24, 2.45) is 4.99 Å². The Kier molecular flexibility index (Phi) is 9.12. The topological polar surface area (TPSA) is 49.3 Å². The molecule has 0 atom stereocenters. The molecule has 0 saturated heterocycles. The summed E-state index contributed by atoms with van der Waals surface area (Å²) in [4.78, 5) is 9.64. The molecule has 0 amide bonds. The van der Waals surface area contributed by atoms with Crippen LogP contribution >= 0.6 is 35.3 Å². The van der Waals surface area contributed by atoms with E-state index in [-0.39, 0.29) is 36.0 Å². The van der Waals surface area contributed by atoms with Crippen molar-refractivity contribution >= 4 is 41.3 Å². The molecule has 2 aromatic rings. The summed E-state index contributed by atoms with van der Waals surface area (Å²) in [6.07, 6.45) is 3.09. The molecule has 0 saturated carbocycles. The van der Waals surface area contributed by atoms with Crippen molar-refractivity contribution in [2.75, 3.05) is 13.6 Å². The van der Waals surface area contributed by atoms with Crippen molar-refractivity contribution in [1.29, 1.82) is 0 Å². The van der Waals surface area contributed by atoms with Gasteiger partial charge in [-0.25, -0.2) is 13.8 Å². The number of thiazole rings is 1. The Hall–Kier alpha value is -1.29. The molecule has 0 aliphatic carbocycles. The van der Waals surface area contributed by atoms with Crippen LogP contribution in [0.4, 0.5) is 8.78 Å². The minimum absolute atomic E-state index is 0. The summed E-state index contributed by atoms with van der Waals surface area (Å²) < 4.78 is 27.1. The molecule has 2 rings (SSSR count). The number of halogens is 3. The number of hydrogen-bond donors (Lipinski definition) is 2. The van der Waals surface area contributed by atoms with Gasteiger partial charge in [-0.1, -0.05) is 13.0 Å². The van der Waals surface area contributed by atoms with Crippen molar-refractivity contribution in [1.82, 2.24) is 15.6 Å². The first-order chi connectivity index (χ1) is 11.1. The Morgan fingerprint density at radius 3 is 2.54 bits per heavy atom. The first-order valence-corrected chi connectivity index (χ1v) is 8.26. The summed E-state index contributed by atoms with van der Waals surface area (Å²) in [5.74, 6) is -0.468. The molecule has 132 valence electrons. The second-order valence-electron chi connectivity index (χ2n) is 4.88. The quantitative estimate of drug-likeness (QED) is 0.389. The van der Waals surface area contributed by atoms with Gasteiger partial charge in [-0.2, -0.15) is 0 Å². The SMILES string of the molecule is CCc1cnc(CNC(=NC)NCCc2c(F)cccc2F)s1.I. The molecule has 0 fully saturated rings. The van der Waals surface area contributed by atoms with Crippen LogP contribution in [0.15, 0.2) is 29.4 Å². The normalized spacial score (nSPS) is 11.1. The number of rotatable bonds is 6. The third kappa shape index (κ3) is 5.97. The summed E-state index contributed by atoms with van der Waals surface area (Å²) in [6.45, 7) is 3.04. The summed E-state index contributed by atoms with van der Waals surface area (Å²) in [6, 6.07) is 3.89. The van der Waals surface area contributed by atoms with E-state index in [9.17, 15) is 8.78 Å². The van der Waals surface area contributed by atoms with Crippen molar-refractivity contribution in [3.05, 3.63) is 51.5 Å². The lowest BCUT2D eigenvalue weighted by Gasteiger charge is -2.11. The molecule has 1 aromatic heterocycles. The van der Waals surface area contributed by atoms with Crippen LogP contribution in [0.1, 0.15) is 22.4 Å². The van der Waals surface area contributed by atoms with E-state index in [0.717, 1.165) is 11.4 Å². The maximum atomic E-state index is 13.5. The van der Waals surface area contributed by atoms with Crippen LogP contribution in [0, 0.1) is 11.6 Å². The van der Waals surface area contributed by atoms with Crippen LogP contribution < -0.4 is 10.6 Å². The minimum atomic E-state index is -0.523. The zero-order valence-electron chi connectivity index (χ0n) is 13.6. The molecule has 24 heavy (non-hydrogen) atoms. The van der Waals surface area contributed by atoms with E-state index in [0.29, 0.717) is 19.0 Å². The lowest BCUT2D eigenvalue weighted by atomic mass is 10.1. The fourth-order valence-electron chi connectivity index (χ4n) is 2.05. The molecule has 1 heterocycles. The van der Waals surface area contributed by atoms with Gasteiger partial charge in [-0.15, -0.1) is 35.3 Å². The zero-order valence-corrected chi connectivity index (χ0v) is 16.8. The first-order valence-electron chi connectivity index (χ1n) is 7.45. The molecule has 1 aromatic carbocycles. The Labute approximate surface area is 161 Å².